The molecule has 1 aromatic carbocycles. The van der Waals surface area contributed by atoms with Crippen molar-refractivity contribution in [1.29, 1.82) is 0 Å². The molecule has 1 unspecified atom stereocenters. The molecule has 0 saturated carbocycles. The largest absolute Gasteiger partial charge is 0.436 e. The monoisotopic (exact) mass is 233 g/mol. The number of hydrogen-bond donors (Lipinski definition) is 1. The Labute approximate surface area is 102 Å². The van der Waals surface area contributed by atoms with Crippen LogP contribution < -0.4 is 5.32 Å². The van der Waals surface area contributed by atoms with E-state index in [1.165, 1.54) is 5.56 Å². The molecule has 1 aromatic rings. The van der Waals surface area contributed by atoms with Crippen molar-refractivity contribution in [2.24, 2.45) is 5.92 Å². The van der Waals surface area contributed by atoms with Crippen LogP contribution in [0.25, 0.3) is 0 Å². The van der Waals surface area contributed by atoms with Gasteiger partial charge in [0, 0.05) is 0 Å². The molecule has 2 rings (SSSR count). The second-order valence-corrected chi connectivity index (χ2v) is 5.27. The van der Waals surface area contributed by atoms with Crippen molar-refractivity contribution in [3.05, 3.63) is 35.4 Å². The lowest BCUT2D eigenvalue weighted by atomic mass is 9.93. The van der Waals surface area contributed by atoms with Gasteiger partial charge in [0.25, 0.3) is 0 Å². The van der Waals surface area contributed by atoms with Crippen molar-refractivity contribution in [3.63, 3.8) is 0 Å². The number of nitrogens with one attached hydrogen (secondary N) is 1. The first-order chi connectivity index (χ1) is 7.99. The Bertz CT molecular complexity index is 411. The summed E-state index contributed by atoms with van der Waals surface area (Å²) in [4.78, 5) is 11.1. The number of benzene rings is 1. The van der Waals surface area contributed by atoms with Gasteiger partial charge in [0.15, 0.2) is 5.60 Å². The van der Waals surface area contributed by atoms with Crippen molar-refractivity contribution in [3.8, 4) is 0 Å². The van der Waals surface area contributed by atoms with Crippen LogP contribution >= 0.6 is 0 Å². The summed E-state index contributed by atoms with van der Waals surface area (Å²) in [5, 5.41) is 2.69. The van der Waals surface area contributed by atoms with E-state index < -0.39 is 5.60 Å². The Kier molecular flexibility index (Phi) is 3.09. The van der Waals surface area contributed by atoms with Gasteiger partial charge in [0.2, 0.25) is 0 Å². The molecule has 1 atom stereocenters. The van der Waals surface area contributed by atoms with E-state index in [-0.39, 0.29) is 6.09 Å². The standard InChI is InChI=1S/C14H19NO2/c1-10(2)8-11-4-6-12(7-5-11)14(3)9-15-13(16)17-14/h4-7,10H,8-9H2,1-3H3,(H,15,16). The minimum atomic E-state index is -0.520. The summed E-state index contributed by atoms with van der Waals surface area (Å²) < 4.78 is 5.31. The SMILES string of the molecule is CC(C)Cc1ccc(C2(C)CNC(=O)O2)cc1. The topological polar surface area (TPSA) is 38.3 Å². The molecule has 0 aromatic heterocycles. The van der Waals surface area contributed by atoms with Gasteiger partial charge in [-0.15, -0.1) is 0 Å². The van der Waals surface area contributed by atoms with Crippen LogP contribution in [0, 0.1) is 5.92 Å². The Morgan fingerprint density at radius 2 is 2.00 bits per heavy atom. The van der Waals surface area contributed by atoms with E-state index in [9.17, 15) is 4.79 Å². The van der Waals surface area contributed by atoms with Gasteiger partial charge in [-0.2, -0.15) is 0 Å². The molecule has 1 aliphatic heterocycles. The zero-order valence-electron chi connectivity index (χ0n) is 10.6. The van der Waals surface area contributed by atoms with Gasteiger partial charge in [0.1, 0.15) is 0 Å². The highest BCUT2D eigenvalue weighted by Gasteiger charge is 2.37. The maximum absolute atomic E-state index is 11.1. The lowest BCUT2D eigenvalue weighted by Gasteiger charge is -2.21. The number of carbonyl (C=O) groups excluding carboxylic acids is 1. The Morgan fingerprint density at radius 3 is 2.47 bits per heavy atom. The molecule has 17 heavy (non-hydrogen) atoms. The number of cyclic esters (lactones) is 1. The summed E-state index contributed by atoms with van der Waals surface area (Å²) >= 11 is 0. The van der Waals surface area contributed by atoms with Crippen LogP contribution in [0.1, 0.15) is 31.9 Å². The first kappa shape index (κ1) is 12.0. The van der Waals surface area contributed by atoms with Crippen LogP contribution in [0.5, 0.6) is 0 Å². The number of alkyl carbamates (subject to hydrolysis) is 1. The smallest absolute Gasteiger partial charge is 0.408 e. The number of carbonyl (C=O) groups is 1. The Morgan fingerprint density at radius 1 is 1.35 bits per heavy atom. The van der Waals surface area contributed by atoms with Gasteiger partial charge >= 0.3 is 6.09 Å². The van der Waals surface area contributed by atoms with E-state index in [0.29, 0.717) is 12.5 Å². The number of rotatable bonds is 3. The van der Waals surface area contributed by atoms with Gasteiger partial charge in [-0.3, -0.25) is 0 Å². The third kappa shape index (κ3) is 2.60. The van der Waals surface area contributed by atoms with Crippen LogP contribution in [0.3, 0.4) is 0 Å². The van der Waals surface area contributed by atoms with Crippen LogP contribution in [-0.4, -0.2) is 12.6 Å². The minimum absolute atomic E-state index is 0.334. The number of ether oxygens (including phenoxy) is 1. The average molecular weight is 233 g/mol. The second kappa shape index (κ2) is 4.40. The molecule has 0 bridgehead atoms. The minimum Gasteiger partial charge on any atom is -0.436 e. The van der Waals surface area contributed by atoms with Crippen LogP contribution in [0.2, 0.25) is 0 Å². The zero-order valence-corrected chi connectivity index (χ0v) is 10.6. The second-order valence-electron chi connectivity index (χ2n) is 5.27. The summed E-state index contributed by atoms with van der Waals surface area (Å²) in [5.41, 5.74) is 1.85. The van der Waals surface area contributed by atoms with E-state index in [1.807, 2.05) is 6.92 Å². The third-order valence-electron chi connectivity index (χ3n) is 3.10. The van der Waals surface area contributed by atoms with E-state index in [2.05, 4.69) is 43.4 Å². The predicted octanol–water partition coefficient (Wildman–Crippen LogP) is 2.84. The summed E-state index contributed by atoms with van der Waals surface area (Å²) in [7, 11) is 0. The van der Waals surface area contributed by atoms with Crippen molar-refractivity contribution in [1.82, 2.24) is 5.32 Å². The van der Waals surface area contributed by atoms with Gasteiger partial charge in [0.05, 0.1) is 6.54 Å². The molecule has 1 N–H and O–H groups in total. The molecule has 3 nitrogen and oxygen atoms in total. The van der Waals surface area contributed by atoms with Gasteiger partial charge in [-0.25, -0.2) is 4.79 Å². The van der Waals surface area contributed by atoms with Crippen molar-refractivity contribution in [2.75, 3.05) is 6.54 Å². The summed E-state index contributed by atoms with van der Waals surface area (Å²) in [5.74, 6) is 0.655. The molecule has 1 amide bonds. The van der Waals surface area contributed by atoms with Crippen molar-refractivity contribution < 1.29 is 9.53 Å². The first-order valence-corrected chi connectivity index (χ1v) is 6.06. The lowest BCUT2D eigenvalue weighted by Crippen LogP contribution is -2.26. The number of amides is 1. The fourth-order valence-electron chi connectivity index (χ4n) is 2.14. The fourth-order valence-corrected chi connectivity index (χ4v) is 2.14. The van der Waals surface area contributed by atoms with Crippen LogP contribution in [0.4, 0.5) is 4.79 Å². The molecular weight excluding hydrogens is 214 g/mol. The van der Waals surface area contributed by atoms with E-state index in [0.717, 1.165) is 12.0 Å². The van der Waals surface area contributed by atoms with Crippen LogP contribution in [-0.2, 0) is 16.8 Å². The molecule has 92 valence electrons. The van der Waals surface area contributed by atoms with Crippen LogP contribution in [0.15, 0.2) is 24.3 Å². The maximum atomic E-state index is 11.1. The lowest BCUT2D eigenvalue weighted by molar-refractivity contribution is 0.0704. The quantitative estimate of drug-likeness (QED) is 0.871. The third-order valence-corrected chi connectivity index (χ3v) is 3.10. The number of hydrogen-bond acceptors (Lipinski definition) is 2. The Balaban J connectivity index is 2.15. The molecule has 1 saturated heterocycles. The van der Waals surface area contributed by atoms with Gasteiger partial charge in [-0.05, 0) is 30.4 Å². The van der Waals surface area contributed by atoms with E-state index >= 15 is 0 Å². The molecule has 3 heteroatoms. The summed E-state index contributed by atoms with van der Waals surface area (Å²) in [6, 6.07) is 8.34. The molecule has 0 aliphatic carbocycles. The van der Waals surface area contributed by atoms with E-state index in [1.54, 1.807) is 0 Å². The van der Waals surface area contributed by atoms with Crippen molar-refractivity contribution >= 4 is 6.09 Å². The molecule has 1 heterocycles. The zero-order chi connectivity index (χ0) is 12.5. The van der Waals surface area contributed by atoms with Gasteiger partial charge in [-0.1, -0.05) is 38.1 Å². The molecular formula is C14H19NO2. The molecule has 0 radical (unpaired) electrons. The van der Waals surface area contributed by atoms with Gasteiger partial charge < -0.3 is 10.1 Å². The fraction of sp³-hybridized carbons (Fsp3) is 0.500. The predicted molar refractivity (Wildman–Crippen MR) is 66.8 cm³/mol. The maximum Gasteiger partial charge on any atom is 0.408 e. The highest BCUT2D eigenvalue weighted by Crippen LogP contribution is 2.28. The average Bonchev–Trinajstić information content (AvgIpc) is 2.60. The first-order valence-electron chi connectivity index (χ1n) is 6.06. The molecule has 0 spiro atoms. The highest BCUT2D eigenvalue weighted by molar-refractivity contribution is 5.70. The highest BCUT2D eigenvalue weighted by atomic mass is 16.6. The summed E-state index contributed by atoms with van der Waals surface area (Å²) in [6.45, 7) is 6.88. The normalized spacial score (nSPS) is 23.6. The van der Waals surface area contributed by atoms with Crippen molar-refractivity contribution in [2.45, 2.75) is 32.8 Å². The molecule has 1 aliphatic rings. The Hall–Kier alpha value is -1.51. The summed E-state index contributed by atoms with van der Waals surface area (Å²) in [6.07, 6.45) is 0.744. The van der Waals surface area contributed by atoms with E-state index in [4.69, 9.17) is 4.74 Å². The molecule has 1 fully saturated rings.